The van der Waals surface area contributed by atoms with Crippen LogP contribution in [0.15, 0.2) is 48.9 Å². The Morgan fingerprint density at radius 1 is 0.744 bits per heavy atom. The van der Waals surface area contributed by atoms with Crippen LogP contribution in [0.3, 0.4) is 0 Å². The van der Waals surface area contributed by atoms with Gasteiger partial charge in [0.25, 0.3) is 0 Å². The van der Waals surface area contributed by atoms with E-state index in [4.69, 9.17) is 0 Å². The van der Waals surface area contributed by atoms with Crippen LogP contribution in [0, 0.1) is 17.8 Å². The Kier molecular flexibility index (Phi) is 26.8. The Bertz CT molecular complexity index is 742. The molecule has 0 spiro atoms. The van der Waals surface area contributed by atoms with Gasteiger partial charge in [-0.25, -0.2) is 4.58 Å². The molecule has 0 aliphatic carbocycles. The van der Waals surface area contributed by atoms with Crippen molar-refractivity contribution in [3.63, 3.8) is 0 Å². The van der Waals surface area contributed by atoms with Gasteiger partial charge in [-0.15, -0.1) is 0 Å². The molecule has 248 valence electrons. The van der Waals surface area contributed by atoms with Gasteiger partial charge in [0.05, 0.1) is 0 Å². The average Bonchev–Trinajstić information content (AvgIpc) is 3.03. The number of nitrogens with zero attached hydrogens (tertiary/aromatic N) is 1. The zero-order valence-electron chi connectivity index (χ0n) is 29.6. The maximum absolute atomic E-state index is 3.96. The molecule has 2 nitrogen and oxygen atoms in total. The normalized spacial score (nSPS) is 15.6. The van der Waals surface area contributed by atoms with Gasteiger partial charge in [-0.1, -0.05) is 143 Å². The van der Waals surface area contributed by atoms with Gasteiger partial charge in [0, 0.05) is 19.4 Å². The highest BCUT2D eigenvalue weighted by atomic mass is 15.0. The number of unbranched alkanes of at least 4 members (excludes halogenated alkanes) is 13. The highest BCUT2D eigenvalue weighted by Gasteiger charge is 2.22. The van der Waals surface area contributed by atoms with E-state index in [-0.39, 0.29) is 0 Å². The summed E-state index contributed by atoms with van der Waals surface area (Å²) in [6.07, 6.45) is 47.3. The lowest BCUT2D eigenvalue weighted by molar-refractivity contribution is -0.456. The number of hydrogen-bond donors (Lipinski definition) is 1. The number of hydrogen-bond acceptors (Lipinski definition) is 1. The number of nitrogens with one attached hydrogen (secondary N) is 1. The Morgan fingerprint density at radius 2 is 1.28 bits per heavy atom. The Labute approximate surface area is 270 Å². The molecule has 1 heterocycles. The monoisotopic (exact) mass is 596 g/mol. The van der Waals surface area contributed by atoms with Gasteiger partial charge in [-0.3, -0.25) is 0 Å². The number of rotatable bonds is 30. The summed E-state index contributed by atoms with van der Waals surface area (Å²) in [5.74, 6) is 2.36. The molecule has 0 amide bonds. The van der Waals surface area contributed by atoms with Crippen LogP contribution >= 0.6 is 0 Å². The summed E-state index contributed by atoms with van der Waals surface area (Å²) in [4.78, 5) is 0. The third kappa shape index (κ3) is 20.9. The molecule has 1 unspecified atom stereocenters. The van der Waals surface area contributed by atoms with E-state index in [9.17, 15) is 0 Å². The third-order valence-corrected chi connectivity index (χ3v) is 9.57. The standard InChI is InChI=1S/C41H75N2/c1-6-11-26-39(27-12-7-2)38(25-10-5)30-34-42-33-23-21-19-17-15-16-18-20-22-24-35-43-36-31-41(32-37-43)40(28-13-8-3)29-14-9-4/h10,25,30-31,34,36-37,39-42H,5-9,11-24,26-29,32-33,35H2,1-4H3/q+1/b34-30-,38-25+. The lowest BCUT2D eigenvalue weighted by Gasteiger charge is -2.24. The molecule has 2 heteroatoms. The van der Waals surface area contributed by atoms with E-state index in [0.717, 1.165) is 18.4 Å². The molecule has 1 atom stereocenters. The Balaban J connectivity index is 2.05. The molecular weight excluding hydrogens is 520 g/mol. The summed E-state index contributed by atoms with van der Waals surface area (Å²) in [5.41, 5.74) is 1.45. The quantitative estimate of drug-likeness (QED) is 0.0496. The maximum Gasteiger partial charge on any atom is 0.164 e. The van der Waals surface area contributed by atoms with Crippen LogP contribution in [0.1, 0.15) is 175 Å². The van der Waals surface area contributed by atoms with Crippen molar-refractivity contribution in [1.29, 1.82) is 0 Å². The van der Waals surface area contributed by atoms with Crippen molar-refractivity contribution in [2.75, 3.05) is 13.1 Å². The molecule has 0 bridgehead atoms. The van der Waals surface area contributed by atoms with Gasteiger partial charge in [0.15, 0.2) is 6.20 Å². The summed E-state index contributed by atoms with van der Waals surface area (Å²) < 4.78 is 2.48. The average molecular weight is 596 g/mol. The van der Waals surface area contributed by atoms with Crippen molar-refractivity contribution < 1.29 is 4.58 Å². The molecule has 1 aliphatic rings. The molecule has 1 aliphatic heterocycles. The predicted molar refractivity (Wildman–Crippen MR) is 195 cm³/mol. The van der Waals surface area contributed by atoms with E-state index in [1.807, 2.05) is 6.08 Å². The van der Waals surface area contributed by atoms with Crippen LogP contribution in [0.25, 0.3) is 0 Å². The number of allylic oxidation sites excluding steroid dienone is 5. The van der Waals surface area contributed by atoms with Crippen LogP contribution in [0.4, 0.5) is 0 Å². The SMILES string of the molecule is C=C/C=C(\C=C/NCCCCCCCCCCCC[N+]1=CCC(C(CCCC)CCCC)C=C1)C(CCCC)CCCC. The highest BCUT2D eigenvalue weighted by molar-refractivity contribution is 5.53. The van der Waals surface area contributed by atoms with Crippen molar-refractivity contribution in [3.8, 4) is 0 Å². The molecule has 0 aromatic heterocycles. The van der Waals surface area contributed by atoms with Crippen LogP contribution in [0.2, 0.25) is 0 Å². The predicted octanol–water partition coefficient (Wildman–Crippen LogP) is 12.7. The lowest BCUT2D eigenvalue weighted by Crippen LogP contribution is -2.21. The summed E-state index contributed by atoms with van der Waals surface area (Å²) in [7, 11) is 0. The first-order valence-electron chi connectivity index (χ1n) is 19.2. The zero-order valence-corrected chi connectivity index (χ0v) is 29.6. The van der Waals surface area contributed by atoms with Crippen LogP contribution < -0.4 is 5.32 Å². The molecule has 0 fully saturated rings. The Morgan fingerprint density at radius 3 is 1.79 bits per heavy atom. The van der Waals surface area contributed by atoms with Crippen molar-refractivity contribution >= 4 is 6.21 Å². The van der Waals surface area contributed by atoms with Crippen molar-refractivity contribution in [2.24, 2.45) is 17.8 Å². The molecule has 0 aromatic carbocycles. The maximum atomic E-state index is 3.96. The van der Waals surface area contributed by atoms with E-state index < -0.39 is 0 Å². The van der Waals surface area contributed by atoms with Gasteiger partial charge in [-0.05, 0) is 80.2 Å². The molecule has 1 rings (SSSR count). The van der Waals surface area contributed by atoms with Gasteiger partial charge in [0.2, 0.25) is 0 Å². The molecule has 0 radical (unpaired) electrons. The molecule has 43 heavy (non-hydrogen) atoms. The minimum absolute atomic E-state index is 0.678. The fourth-order valence-corrected chi connectivity index (χ4v) is 6.65. The van der Waals surface area contributed by atoms with E-state index >= 15 is 0 Å². The minimum Gasteiger partial charge on any atom is -0.391 e. The summed E-state index contributed by atoms with van der Waals surface area (Å²) in [5, 5.41) is 3.55. The van der Waals surface area contributed by atoms with E-state index in [0.29, 0.717) is 5.92 Å². The fraction of sp³-hybridized carbons (Fsp3) is 0.780. The first-order chi connectivity index (χ1) is 21.2. The topological polar surface area (TPSA) is 15.0 Å². The minimum atomic E-state index is 0.678. The summed E-state index contributed by atoms with van der Waals surface area (Å²) >= 11 is 0. The molecule has 0 aromatic rings. The highest BCUT2D eigenvalue weighted by Crippen LogP contribution is 2.29. The van der Waals surface area contributed by atoms with Gasteiger partial charge >= 0.3 is 0 Å². The van der Waals surface area contributed by atoms with Gasteiger partial charge in [0.1, 0.15) is 12.8 Å². The van der Waals surface area contributed by atoms with Crippen LogP contribution in [0.5, 0.6) is 0 Å². The first kappa shape index (κ1) is 39.5. The fourth-order valence-electron chi connectivity index (χ4n) is 6.65. The molecule has 0 saturated carbocycles. The zero-order chi connectivity index (χ0) is 31.2. The lowest BCUT2D eigenvalue weighted by atomic mass is 9.81. The molecule has 1 N–H and O–H groups in total. The second-order valence-corrected chi connectivity index (χ2v) is 13.4. The van der Waals surface area contributed by atoms with Gasteiger partial charge < -0.3 is 5.32 Å². The Hall–Kier alpha value is -1.57. The first-order valence-corrected chi connectivity index (χ1v) is 19.2. The van der Waals surface area contributed by atoms with E-state index in [1.165, 1.54) is 160 Å². The smallest absolute Gasteiger partial charge is 0.164 e. The van der Waals surface area contributed by atoms with Crippen LogP contribution in [-0.4, -0.2) is 23.9 Å². The second kappa shape index (κ2) is 29.2. The van der Waals surface area contributed by atoms with Crippen molar-refractivity contribution in [1.82, 2.24) is 5.32 Å². The van der Waals surface area contributed by atoms with Crippen molar-refractivity contribution in [3.05, 3.63) is 48.9 Å². The largest absolute Gasteiger partial charge is 0.391 e. The van der Waals surface area contributed by atoms with Crippen LogP contribution in [-0.2, 0) is 0 Å². The van der Waals surface area contributed by atoms with E-state index in [2.05, 4.69) is 81.0 Å². The third-order valence-electron chi connectivity index (χ3n) is 9.57. The summed E-state index contributed by atoms with van der Waals surface area (Å²) in [6, 6.07) is 0. The van der Waals surface area contributed by atoms with E-state index in [1.54, 1.807) is 0 Å². The second-order valence-electron chi connectivity index (χ2n) is 13.4. The molecular formula is C41H75N2+. The molecule has 0 saturated heterocycles. The summed E-state index contributed by atoms with van der Waals surface area (Å²) in [6.45, 7) is 15.5. The van der Waals surface area contributed by atoms with Crippen molar-refractivity contribution in [2.45, 2.75) is 175 Å². The van der Waals surface area contributed by atoms with Gasteiger partial charge in [-0.2, -0.15) is 0 Å².